The summed E-state index contributed by atoms with van der Waals surface area (Å²) in [4.78, 5) is 38.0. The lowest BCUT2D eigenvalue weighted by Gasteiger charge is -2.21. The number of carbonyl (C=O) groups excluding carboxylic acids is 2. The monoisotopic (exact) mass is 462 g/mol. The van der Waals surface area contributed by atoms with Crippen molar-refractivity contribution in [2.75, 3.05) is 5.32 Å². The molecule has 0 spiro atoms. The van der Waals surface area contributed by atoms with E-state index in [2.05, 4.69) is 5.32 Å². The molecule has 34 heavy (non-hydrogen) atoms. The van der Waals surface area contributed by atoms with E-state index in [1.54, 1.807) is 26.8 Å². The zero-order chi connectivity index (χ0) is 24.6. The van der Waals surface area contributed by atoms with Crippen LogP contribution in [0.25, 0.3) is 0 Å². The summed E-state index contributed by atoms with van der Waals surface area (Å²) in [5, 5.41) is 2.50. The van der Waals surface area contributed by atoms with E-state index < -0.39 is 23.2 Å². The number of rotatable bonds is 8. The average molecular weight is 463 g/mol. The Bertz CT molecular complexity index is 1170. The normalized spacial score (nSPS) is 11.0. The number of pyridine rings is 1. The molecule has 1 heterocycles. The Kier molecular flexibility index (Phi) is 8.24. The van der Waals surface area contributed by atoms with Crippen molar-refractivity contribution >= 4 is 17.7 Å². The van der Waals surface area contributed by atoms with E-state index in [1.807, 2.05) is 60.7 Å². The van der Waals surface area contributed by atoms with Crippen LogP contribution in [0.2, 0.25) is 0 Å². The minimum Gasteiger partial charge on any atom is -0.459 e. The molecule has 3 rings (SSSR count). The third-order valence-corrected chi connectivity index (χ3v) is 4.93. The van der Waals surface area contributed by atoms with Gasteiger partial charge in [0.1, 0.15) is 24.4 Å². The molecular formula is C27H30N2O5. The Labute approximate surface area is 199 Å². The summed E-state index contributed by atoms with van der Waals surface area (Å²) in [6.45, 7) is 5.13. The fraction of sp³-hybridized carbons (Fsp3) is 0.296. The number of nitrogens with zero attached hydrogens (tertiary/aromatic N) is 1. The van der Waals surface area contributed by atoms with E-state index in [4.69, 9.17) is 9.47 Å². The van der Waals surface area contributed by atoms with Crippen molar-refractivity contribution in [1.82, 2.24) is 4.57 Å². The van der Waals surface area contributed by atoms with Gasteiger partial charge in [-0.05, 0) is 56.9 Å². The van der Waals surface area contributed by atoms with Gasteiger partial charge in [-0.1, -0.05) is 60.7 Å². The summed E-state index contributed by atoms with van der Waals surface area (Å²) >= 11 is 0. The molecule has 0 aliphatic rings. The zero-order valence-electron chi connectivity index (χ0n) is 19.7. The molecular weight excluding hydrogens is 432 g/mol. The van der Waals surface area contributed by atoms with Crippen molar-refractivity contribution in [3.63, 3.8) is 0 Å². The fourth-order valence-electron chi connectivity index (χ4n) is 3.39. The number of hydrogen-bond donors (Lipinski definition) is 1. The minimum absolute atomic E-state index is 0.0325. The maximum atomic E-state index is 13.2. The van der Waals surface area contributed by atoms with Crippen LogP contribution in [0.4, 0.5) is 10.5 Å². The number of esters is 1. The second-order valence-electron chi connectivity index (χ2n) is 8.89. The first-order valence-corrected chi connectivity index (χ1v) is 11.2. The van der Waals surface area contributed by atoms with Crippen LogP contribution in [-0.2, 0) is 40.3 Å². The Hall–Kier alpha value is -3.87. The molecule has 7 nitrogen and oxygen atoms in total. The van der Waals surface area contributed by atoms with Crippen molar-refractivity contribution in [3.8, 4) is 0 Å². The van der Waals surface area contributed by atoms with Crippen LogP contribution in [0.3, 0.4) is 0 Å². The maximum Gasteiger partial charge on any atom is 0.412 e. The first kappa shape index (κ1) is 24.8. The van der Waals surface area contributed by atoms with E-state index in [-0.39, 0.29) is 18.8 Å². The van der Waals surface area contributed by atoms with Gasteiger partial charge in [0.25, 0.3) is 5.56 Å². The van der Waals surface area contributed by atoms with Crippen LogP contribution in [-0.4, -0.2) is 22.2 Å². The van der Waals surface area contributed by atoms with E-state index >= 15 is 0 Å². The number of hydrogen-bond acceptors (Lipinski definition) is 5. The molecule has 3 aromatic rings. The summed E-state index contributed by atoms with van der Waals surface area (Å²) in [5.74, 6) is -0.528. The number of amides is 1. The quantitative estimate of drug-likeness (QED) is 0.490. The van der Waals surface area contributed by atoms with E-state index in [9.17, 15) is 14.4 Å². The van der Waals surface area contributed by atoms with Crippen LogP contribution < -0.4 is 10.9 Å². The fourth-order valence-corrected chi connectivity index (χ4v) is 3.39. The average Bonchev–Trinajstić information content (AvgIpc) is 2.80. The minimum atomic E-state index is -0.748. The maximum absolute atomic E-state index is 13.2. The highest BCUT2D eigenvalue weighted by Crippen LogP contribution is 2.12. The standard InChI is InChI=1S/C27H30N2O5/c1-27(2,3)34-24(30)18-29-22(15-14-20-10-6-4-7-11-20)16-17-23(25(29)31)28-26(32)33-19-21-12-8-5-9-13-21/h4-13,16-17H,14-15,18-19H2,1-3H3,(H,28,32). The molecule has 0 radical (unpaired) electrons. The highest BCUT2D eigenvalue weighted by molar-refractivity contribution is 5.84. The largest absolute Gasteiger partial charge is 0.459 e. The number of benzene rings is 2. The first-order chi connectivity index (χ1) is 16.2. The topological polar surface area (TPSA) is 86.6 Å². The van der Waals surface area contributed by atoms with Crippen LogP contribution in [0.15, 0.2) is 77.6 Å². The lowest BCUT2D eigenvalue weighted by molar-refractivity contribution is -0.155. The number of aryl methyl sites for hydroxylation is 2. The zero-order valence-corrected chi connectivity index (χ0v) is 19.7. The lowest BCUT2D eigenvalue weighted by atomic mass is 10.1. The second kappa shape index (κ2) is 11.3. The number of carbonyl (C=O) groups is 2. The van der Waals surface area contributed by atoms with Gasteiger partial charge in [0.15, 0.2) is 0 Å². The predicted molar refractivity (Wildman–Crippen MR) is 131 cm³/mol. The summed E-state index contributed by atoms with van der Waals surface area (Å²) in [7, 11) is 0. The predicted octanol–water partition coefficient (Wildman–Crippen LogP) is 4.72. The molecule has 1 aromatic heterocycles. The Morgan fingerprint density at radius 3 is 2.09 bits per heavy atom. The number of aromatic nitrogens is 1. The van der Waals surface area contributed by atoms with Gasteiger partial charge in [-0.15, -0.1) is 0 Å². The number of nitrogens with one attached hydrogen (secondary N) is 1. The van der Waals surface area contributed by atoms with Crippen LogP contribution in [0, 0.1) is 0 Å². The molecule has 7 heteroatoms. The van der Waals surface area contributed by atoms with Crippen molar-refractivity contribution in [2.24, 2.45) is 0 Å². The van der Waals surface area contributed by atoms with Crippen molar-refractivity contribution in [3.05, 3.63) is 100.0 Å². The Morgan fingerprint density at radius 1 is 0.853 bits per heavy atom. The van der Waals surface area contributed by atoms with Crippen LogP contribution in [0.5, 0.6) is 0 Å². The molecule has 0 aliphatic carbocycles. The smallest absolute Gasteiger partial charge is 0.412 e. The van der Waals surface area contributed by atoms with E-state index in [0.29, 0.717) is 18.5 Å². The molecule has 1 amide bonds. The number of anilines is 1. The van der Waals surface area contributed by atoms with Gasteiger partial charge in [-0.3, -0.25) is 19.5 Å². The Morgan fingerprint density at radius 2 is 1.47 bits per heavy atom. The third kappa shape index (κ3) is 7.62. The molecule has 0 bridgehead atoms. The van der Waals surface area contributed by atoms with Gasteiger partial charge in [0, 0.05) is 5.69 Å². The first-order valence-electron chi connectivity index (χ1n) is 11.2. The van der Waals surface area contributed by atoms with Crippen LogP contribution in [0.1, 0.15) is 37.6 Å². The van der Waals surface area contributed by atoms with Crippen molar-refractivity contribution < 1.29 is 19.1 Å². The third-order valence-electron chi connectivity index (χ3n) is 4.93. The number of ether oxygens (including phenoxy) is 2. The Balaban J connectivity index is 1.78. The van der Waals surface area contributed by atoms with Gasteiger partial charge in [0.2, 0.25) is 0 Å². The van der Waals surface area contributed by atoms with E-state index in [0.717, 1.165) is 11.1 Å². The molecule has 178 valence electrons. The highest BCUT2D eigenvalue weighted by Gasteiger charge is 2.20. The summed E-state index contributed by atoms with van der Waals surface area (Å²) in [6, 6.07) is 22.4. The van der Waals surface area contributed by atoms with Gasteiger partial charge >= 0.3 is 12.1 Å². The van der Waals surface area contributed by atoms with Crippen molar-refractivity contribution in [1.29, 1.82) is 0 Å². The summed E-state index contributed by atoms with van der Waals surface area (Å²) in [5.41, 5.74) is 1.48. The molecule has 0 atom stereocenters. The van der Waals surface area contributed by atoms with Gasteiger partial charge in [-0.25, -0.2) is 4.79 Å². The van der Waals surface area contributed by atoms with Crippen LogP contribution >= 0.6 is 0 Å². The van der Waals surface area contributed by atoms with Gasteiger partial charge < -0.3 is 9.47 Å². The molecule has 1 N–H and O–H groups in total. The molecule has 0 saturated heterocycles. The van der Waals surface area contributed by atoms with E-state index in [1.165, 1.54) is 10.6 Å². The molecule has 0 aliphatic heterocycles. The van der Waals surface area contributed by atoms with Gasteiger partial charge in [0.05, 0.1) is 0 Å². The second-order valence-corrected chi connectivity index (χ2v) is 8.89. The molecule has 0 fully saturated rings. The van der Waals surface area contributed by atoms with Gasteiger partial charge in [-0.2, -0.15) is 0 Å². The SMILES string of the molecule is CC(C)(C)OC(=O)Cn1c(CCc2ccccc2)ccc(NC(=O)OCc2ccccc2)c1=O. The lowest BCUT2D eigenvalue weighted by Crippen LogP contribution is -2.34. The van der Waals surface area contributed by atoms with Crippen molar-refractivity contribution in [2.45, 2.75) is 52.4 Å². The molecule has 0 unspecified atom stereocenters. The highest BCUT2D eigenvalue weighted by atomic mass is 16.6. The molecule has 2 aromatic carbocycles. The molecule has 0 saturated carbocycles. The summed E-state index contributed by atoms with van der Waals surface area (Å²) < 4.78 is 12.0. The summed E-state index contributed by atoms with van der Waals surface area (Å²) in [6.07, 6.45) is 0.489.